The molecule has 0 aliphatic rings. The molecule has 6 heteroatoms. The molecule has 2 aromatic rings. The number of carbonyl (C=O) groups excluding carboxylic acids is 1. The van der Waals surface area contributed by atoms with Crippen LogP contribution in [0.15, 0.2) is 41.8 Å². The molecule has 0 saturated heterocycles. The third-order valence-electron chi connectivity index (χ3n) is 2.13. The van der Waals surface area contributed by atoms with Gasteiger partial charge in [0.25, 0.3) is 0 Å². The van der Waals surface area contributed by atoms with Gasteiger partial charge in [0, 0.05) is 5.25 Å². The summed E-state index contributed by atoms with van der Waals surface area (Å²) < 4.78 is 1.60. The first-order valence-electron chi connectivity index (χ1n) is 5.01. The molecule has 5 nitrogen and oxygen atoms in total. The molecule has 2 rings (SSSR count). The summed E-state index contributed by atoms with van der Waals surface area (Å²) in [6.45, 7) is 1.56. The number of carboxylic acid groups (broad SMARTS) is 1. The minimum absolute atomic E-state index is 0.535. The third-order valence-corrected chi connectivity index (χ3v) is 3.17. The van der Waals surface area contributed by atoms with Gasteiger partial charge in [-0.1, -0.05) is 30.0 Å². The maximum absolute atomic E-state index is 10.7. The van der Waals surface area contributed by atoms with Crippen LogP contribution in [0.3, 0.4) is 0 Å². The first-order chi connectivity index (χ1) is 8.18. The Kier molecular flexibility index (Phi) is 3.43. The average molecular weight is 248 g/mol. The molecule has 0 amide bonds. The van der Waals surface area contributed by atoms with Crippen molar-refractivity contribution in [2.45, 2.75) is 17.3 Å². The standard InChI is InChI=1S/C11H11N3O2S/c1-8(10(15)16)17-11-12-7-13-14(11)9-5-3-2-4-6-9/h2-8H,1H3,(H,15,16)/p-1/t8-/m1/s1. The Balaban J connectivity index is 2.26. The van der Waals surface area contributed by atoms with Crippen molar-refractivity contribution in [3.8, 4) is 5.69 Å². The van der Waals surface area contributed by atoms with Gasteiger partial charge >= 0.3 is 0 Å². The second-order valence-corrected chi connectivity index (χ2v) is 4.68. The fourth-order valence-corrected chi connectivity index (χ4v) is 2.04. The minimum atomic E-state index is -1.11. The number of aromatic nitrogens is 3. The van der Waals surface area contributed by atoms with Gasteiger partial charge in [0.15, 0.2) is 5.16 Å². The van der Waals surface area contributed by atoms with Crippen LogP contribution in [0.4, 0.5) is 0 Å². The summed E-state index contributed by atoms with van der Waals surface area (Å²) >= 11 is 1.11. The zero-order valence-corrected chi connectivity index (χ0v) is 9.92. The van der Waals surface area contributed by atoms with Crippen LogP contribution in [-0.4, -0.2) is 26.0 Å². The Morgan fingerprint density at radius 3 is 2.76 bits per heavy atom. The van der Waals surface area contributed by atoms with E-state index in [1.807, 2.05) is 30.3 Å². The SMILES string of the molecule is C[C@@H](Sc1ncnn1-c1ccccc1)C(=O)[O-]. The molecule has 0 bridgehead atoms. The number of carbonyl (C=O) groups is 1. The summed E-state index contributed by atoms with van der Waals surface area (Å²) in [5.74, 6) is -1.11. The fraction of sp³-hybridized carbons (Fsp3) is 0.182. The lowest BCUT2D eigenvalue weighted by atomic mass is 10.3. The first-order valence-corrected chi connectivity index (χ1v) is 5.89. The lowest BCUT2D eigenvalue weighted by Gasteiger charge is -2.11. The van der Waals surface area contributed by atoms with Crippen molar-refractivity contribution in [2.75, 3.05) is 0 Å². The van der Waals surface area contributed by atoms with E-state index in [4.69, 9.17) is 0 Å². The van der Waals surface area contributed by atoms with Crippen LogP contribution < -0.4 is 5.11 Å². The Hall–Kier alpha value is -1.82. The molecule has 0 aliphatic carbocycles. The van der Waals surface area contributed by atoms with Crippen LogP contribution in [0.1, 0.15) is 6.92 Å². The molecule has 0 unspecified atom stereocenters. The zero-order valence-electron chi connectivity index (χ0n) is 9.11. The highest BCUT2D eigenvalue weighted by Gasteiger charge is 2.12. The van der Waals surface area contributed by atoms with Crippen molar-refractivity contribution in [3.05, 3.63) is 36.7 Å². The molecule has 1 aromatic carbocycles. The monoisotopic (exact) mass is 248 g/mol. The van der Waals surface area contributed by atoms with Crippen LogP contribution in [0.2, 0.25) is 0 Å². The third kappa shape index (κ3) is 2.65. The van der Waals surface area contributed by atoms with Crippen LogP contribution in [0.5, 0.6) is 0 Å². The van der Waals surface area contributed by atoms with Gasteiger partial charge in [-0.25, -0.2) is 9.67 Å². The lowest BCUT2D eigenvalue weighted by Crippen LogP contribution is -2.31. The van der Waals surface area contributed by atoms with Crippen molar-refractivity contribution in [2.24, 2.45) is 0 Å². The van der Waals surface area contributed by atoms with Gasteiger partial charge in [0.05, 0.1) is 11.7 Å². The van der Waals surface area contributed by atoms with Gasteiger partial charge in [0.1, 0.15) is 6.33 Å². The predicted octanol–water partition coefficient (Wildman–Crippen LogP) is 0.498. The van der Waals surface area contributed by atoms with E-state index in [1.54, 1.807) is 11.6 Å². The molecule has 0 radical (unpaired) electrons. The Morgan fingerprint density at radius 1 is 1.41 bits per heavy atom. The van der Waals surface area contributed by atoms with Crippen molar-refractivity contribution >= 4 is 17.7 Å². The highest BCUT2D eigenvalue weighted by molar-refractivity contribution is 8.00. The Morgan fingerprint density at radius 2 is 2.12 bits per heavy atom. The highest BCUT2D eigenvalue weighted by Crippen LogP contribution is 2.22. The van der Waals surface area contributed by atoms with E-state index in [0.29, 0.717) is 5.16 Å². The number of nitrogens with zero attached hydrogens (tertiary/aromatic N) is 3. The zero-order chi connectivity index (χ0) is 12.3. The van der Waals surface area contributed by atoms with Gasteiger partial charge in [-0.15, -0.1) is 0 Å². The number of para-hydroxylation sites is 1. The molecule has 88 valence electrons. The molecular weight excluding hydrogens is 238 g/mol. The second kappa shape index (κ2) is 5.01. The van der Waals surface area contributed by atoms with Crippen LogP contribution in [0.25, 0.3) is 5.69 Å². The summed E-state index contributed by atoms with van der Waals surface area (Å²) in [5.41, 5.74) is 0.845. The van der Waals surface area contributed by atoms with E-state index in [-0.39, 0.29) is 0 Å². The fourth-order valence-electron chi connectivity index (χ4n) is 1.26. The minimum Gasteiger partial charge on any atom is -0.549 e. The molecule has 0 fully saturated rings. The number of carboxylic acids is 1. The molecule has 0 aliphatic heterocycles. The van der Waals surface area contributed by atoms with Crippen molar-refractivity contribution in [1.29, 1.82) is 0 Å². The topological polar surface area (TPSA) is 70.8 Å². The van der Waals surface area contributed by atoms with E-state index in [2.05, 4.69) is 10.1 Å². The molecule has 1 aromatic heterocycles. The average Bonchev–Trinajstić information content (AvgIpc) is 2.78. The molecule has 17 heavy (non-hydrogen) atoms. The molecule has 0 saturated carbocycles. The van der Waals surface area contributed by atoms with Gasteiger partial charge in [-0.05, 0) is 19.1 Å². The first kappa shape index (κ1) is 11.7. The number of hydrogen-bond donors (Lipinski definition) is 0. The largest absolute Gasteiger partial charge is 0.549 e. The maximum Gasteiger partial charge on any atom is 0.191 e. The molecule has 0 spiro atoms. The van der Waals surface area contributed by atoms with E-state index in [9.17, 15) is 9.90 Å². The van der Waals surface area contributed by atoms with Crippen molar-refractivity contribution in [3.63, 3.8) is 0 Å². The maximum atomic E-state index is 10.7. The smallest absolute Gasteiger partial charge is 0.191 e. The van der Waals surface area contributed by atoms with E-state index >= 15 is 0 Å². The normalized spacial score (nSPS) is 12.3. The summed E-state index contributed by atoms with van der Waals surface area (Å²) in [4.78, 5) is 14.7. The number of thioether (sulfide) groups is 1. The number of benzene rings is 1. The number of rotatable bonds is 4. The number of hydrogen-bond acceptors (Lipinski definition) is 5. The quantitative estimate of drug-likeness (QED) is 0.737. The van der Waals surface area contributed by atoms with Gasteiger partial charge in [0.2, 0.25) is 0 Å². The summed E-state index contributed by atoms with van der Waals surface area (Å²) in [6, 6.07) is 9.42. The van der Waals surface area contributed by atoms with Gasteiger partial charge in [-0.2, -0.15) is 5.10 Å². The van der Waals surface area contributed by atoms with E-state index in [1.165, 1.54) is 6.33 Å². The van der Waals surface area contributed by atoms with Gasteiger partial charge < -0.3 is 9.90 Å². The van der Waals surface area contributed by atoms with Crippen LogP contribution >= 0.6 is 11.8 Å². The predicted molar refractivity (Wildman–Crippen MR) is 61.7 cm³/mol. The summed E-state index contributed by atoms with van der Waals surface area (Å²) in [6.07, 6.45) is 1.40. The Bertz CT molecular complexity index is 512. The molecular formula is C11H10N3O2S-. The Labute approximate surface area is 102 Å². The lowest BCUT2D eigenvalue weighted by molar-refractivity contribution is -0.304. The highest BCUT2D eigenvalue weighted by atomic mass is 32.2. The summed E-state index contributed by atoms with van der Waals surface area (Å²) in [7, 11) is 0. The molecule has 1 heterocycles. The van der Waals surface area contributed by atoms with E-state index in [0.717, 1.165) is 17.4 Å². The van der Waals surface area contributed by atoms with Crippen molar-refractivity contribution < 1.29 is 9.90 Å². The van der Waals surface area contributed by atoms with E-state index < -0.39 is 11.2 Å². The number of aliphatic carboxylic acids is 1. The van der Waals surface area contributed by atoms with Crippen LogP contribution in [-0.2, 0) is 4.79 Å². The van der Waals surface area contributed by atoms with Gasteiger partial charge in [-0.3, -0.25) is 0 Å². The summed E-state index contributed by atoms with van der Waals surface area (Å²) in [5, 5.41) is 14.6. The molecule has 0 N–H and O–H groups in total. The molecule has 1 atom stereocenters. The van der Waals surface area contributed by atoms with Crippen molar-refractivity contribution in [1.82, 2.24) is 14.8 Å². The second-order valence-electron chi connectivity index (χ2n) is 3.37. The van der Waals surface area contributed by atoms with Crippen LogP contribution in [0, 0.1) is 0 Å².